The number of rotatable bonds is 3. The van der Waals surface area contributed by atoms with Crippen LogP contribution in [0.25, 0.3) is 0 Å². The van der Waals surface area contributed by atoms with E-state index >= 15 is 0 Å². The highest BCUT2D eigenvalue weighted by Gasteiger charge is 2.27. The summed E-state index contributed by atoms with van der Waals surface area (Å²) in [6.07, 6.45) is 6.24. The van der Waals surface area contributed by atoms with E-state index < -0.39 is 0 Å². The van der Waals surface area contributed by atoms with Crippen LogP contribution < -0.4 is 10.5 Å². The van der Waals surface area contributed by atoms with Crippen LogP contribution in [0.2, 0.25) is 0 Å². The Morgan fingerprint density at radius 1 is 1.20 bits per heavy atom. The molecule has 3 nitrogen and oxygen atoms in total. The van der Waals surface area contributed by atoms with Gasteiger partial charge in [0.1, 0.15) is 5.75 Å². The molecule has 2 aliphatic rings. The fraction of sp³-hybridized carbons (Fsp3) is 0.647. The molecule has 0 bridgehead atoms. The van der Waals surface area contributed by atoms with Gasteiger partial charge in [-0.05, 0) is 80.9 Å². The van der Waals surface area contributed by atoms with Gasteiger partial charge < -0.3 is 15.4 Å². The number of likely N-dealkylation sites (tertiary alicyclic amines) is 1. The van der Waals surface area contributed by atoms with Crippen LogP contribution in [-0.2, 0) is 12.8 Å². The Labute approximate surface area is 122 Å². The van der Waals surface area contributed by atoms with Gasteiger partial charge >= 0.3 is 0 Å². The zero-order valence-corrected chi connectivity index (χ0v) is 12.5. The molecule has 2 N–H and O–H groups in total. The Bertz CT molecular complexity index is 452. The summed E-state index contributed by atoms with van der Waals surface area (Å²) in [5, 5.41) is 0. The van der Waals surface area contributed by atoms with Crippen molar-refractivity contribution in [3.63, 3.8) is 0 Å². The number of nitrogens with zero attached hydrogens (tertiary/aromatic N) is 1. The number of ether oxygens (including phenoxy) is 1. The molecule has 110 valence electrons. The number of aryl methyl sites for hydroxylation is 1. The Kier molecular flexibility index (Phi) is 4.27. The second-order valence-electron chi connectivity index (χ2n) is 6.25. The monoisotopic (exact) mass is 274 g/mol. The van der Waals surface area contributed by atoms with E-state index in [2.05, 4.69) is 23.1 Å². The molecule has 1 fully saturated rings. The van der Waals surface area contributed by atoms with Crippen molar-refractivity contribution in [2.24, 2.45) is 11.7 Å². The quantitative estimate of drug-likeness (QED) is 0.918. The molecule has 3 heteroatoms. The summed E-state index contributed by atoms with van der Waals surface area (Å²) in [6.45, 7) is 3.32. The number of hydrogen-bond acceptors (Lipinski definition) is 3. The molecule has 1 heterocycles. The van der Waals surface area contributed by atoms with Crippen molar-refractivity contribution in [2.75, 3.05) is 26.7 Å². The first-order valence-corrected chi connectivity index (χ1v) is 7.90. The van der Waals surface area contributed by atoms with E-state index in [9.17, 15) is 0 Å². The van der Waals surface area contributed by atoms with Crippen LogP contribution >= 0.6 is 0 Å². The summed E-state index contributed by atoms with van der Waals surface area (Å²) in [4.78, 5) is 2.69. The maximum Gasteiger partial charge on any atom is 0.119 e. The molecule has 1 unspecified atom stereocenters. The standard InChI is InChI=1S/C17H26N2O/c1-20-17-5-3-14-2-4-16(10-15(14)11-17)19-8-6-13(12-18)7-9-19/h3,5,11,13,16H,2,4,6-10,12,18H2,1H3. The lowest BCUT2D eigenvalue weighted by Crippen LogP contribution is -2.45. The Morgan fingerprint density at radius 2 is 2.00 bits per heavy atom. The van der Waals surface area contributed by atoms with Gasteiger partial charge in [0.05, 0.1) is 7.11 Å². The van der Waals surface area contributed by atoms with Crippen LogP contribution in [0.4, 0.5) is 0 Å². The first-order chi connectivity index (χ1) is 9.80. The Balaban J connectivity index is 1.66. The lowest BCUT2D eigenvalue weighted by atomic mass is 9.85. The summed E-state index contributed by atoms with van der Waals surface area (Å²) in [6, 6.07) is 7.28. The SMILES string of the molecule is COc1ccc2c(c1)CC(N1CCC(CN)CC1)CC2. The number of fused-ring (bicyclic) bond motifs is 1. The molecule has 0 saturated carbocycles. The van der Waals surface area contributed by atoms with Gasteiger partial charge in [0.15, 0.2) is 0 Å². The highest BCUT2D eigenvalue weighted by atomic mass is 16.5. The molecule has 1 aromatic rings. The second-order valence-corrected chi connectivity index (χ2v) is 6.25. The molecule has 1 aliphatic heterocycles. The first-order valence-electron chi connectivity index (χ1n) is 7.90. The molecule has 0 amide bonds. The van der Waals surface area contributed by atoms with E-state index in [0.29, 0.717) is 6.04 Å². The van der Waals surface area contributed by atoms with Crippen LogP contribution in [-0.4, -0.2) is 37.7 Å². The molecular formula is C17H26N2O. The molecule has 0 radical (unpaired) electrons. The van der Waals surface area contributed by atoms with E-state index in [4.69, 9.17) is 10.5 Å². The minimum Gasteiger partial charge on any atom is -0.497 e. The van der Waals surface area contributed by atoms with E-state index in [1.54, 1.807) is 7.11 Å². The van der Waals surface area contributed by atoms with Crippen molar-refractivity contribution in [3.05, 3.63) is 29.3 Å². The molecule has 0 spiro atoms. The average molecular weight is 274 g/mol. The zero-order chi connectivity index (χ0) is 13.9. The number of methoxy groups -OCH3 is 1. The summed E-state index contributed by atoms with van der Waals surface area (Å²) in [5.41, 5.74) is 8.79. The molecule has 1 aromatic carbocycles. The Hall–Kier alpha value is -1.06. The van der Waals surface area contributed by atoms with Crippen LogP contribution in [0, 0.1) is 5.92 Å². The summed E-state index contributed by atoms with van der Waals surface area (Å²) >= 11 is 0. The predicted molar refractivity (Wildman–Crippen MR) is 82.2 cm³/mol. The van der Waals surface area contributed by atoms with Crippen LogP contribution in [0.3, 0.4) is 0 Å². The van der Waals surface area contributed by atoms with Gasteiger partial charge in [-0.3, -0.25) is 0 Å². The molecule has 1 aliphatic carbocycles. The minimum absolute atomic E-state index is 0.716. The van der Waals surface area contributed by atoms with E-state index in [1.165, 1.54) is 56.3 Å². The van der Waals surface area contributed by atoms with Crippen LogP contribution in [0.1, 0.15) is 30.4 Å². The predicted octanol–water partition coefficient (Wildman–Crippen LogP) is 2.22. The molecule has 0 aromatic heterocycles. The van der Waals surface area contributed by atoms with Crippen molar-refractivity contribution in [3.8, 4) is 5.75 Å². The van der Waals surface area contributed by atoms with Gasteiger partial charge in [-0.2, -0.15) is 0 Å². The number of piperidine rings is 1. The van der Waals surface area contributed by atoms with E-state index in [0.717, 1.165) is 18.2 Å². The molecule has 3 rings (SSSR count). The fourth-order valence-corrected chi connectivity index (χ4v) is 3.71. The van der Waals surface area contributed by atoms with Crippen LogP contribution in [0.5, 0.6) is 5.75 Å². The molecule has 1 saturated heterocycles. The third-order valence-electron chi connectivity index (χ3n) is 5.11. The summed E-state index contributed by atoms with van der Waals surface area (Å²) in [7, 11) is 1.75. The van der Waals surface area contributed by atoms with Gasteiger partial charge in [0, 0.05) is 6.04 Å². The number of hydrogen-bond donors (Lipinski definition) is 1. The number of benzene rings is 1. The van der Waals surface area contributed by atoms with E-state index in [1.807, 2.05) is 0 Å². The Morgan fingerprint density at radius 3 is 2.70 bits per heavy atom. The summed E-state index contributed by atoms with van der Waals surface area (Å²) in [5.74, 6) is 1.74. The van der Waals surface area contributed by atoms with E-state index in [-0.39, 0.29) is 0 Å². The third-order valence-corrected chi connectivity index (χ3v) is 5.11. The largest absolute Gasteiger partial charge is 0.497 e. The fourth-order valence-electron chi connectivity index (χ4n) is 3.71. The molecular weight excluding hydrogens is 248 g/mol. The highest BCUT2D eigenvalue weighted by molar-refractivity contribution is 5.37. The highest BCUT2D eigenvalue weighted by Crippen LogP contribution is 2.29. The topological polar surface area (TPSA) is 38.5 Å². The van der Waals surface area contributed by atoms with Crippen molar-refractivity contribution in [2.45, 2.75) is 38.1 Å². The van der Waals surface area contributed by atoms with Crippen molar-refractivity contribution >= 4 is 0 Å². The maximum absolute atomic E-state index is 5.79. The lowest BCUT2D eigenvalue weighted by molar-refractivity contribution is 0.124. The average Bonchev–Trinajstić information content (AvgIpc) is 2.54. The van der Waals surface area contributed by atoms with Gasteiger partial charge in [-0.25, -0.2) is 0 Å². The van der Waals surface area contributed by atoms with Gasteiger partial charge in [-0.15, -0.1) is 0 Å². The minimum atomic E-state index is 0.716. The molecule has 1 atom stereocenters. The number of nitrogens with two attached hydrogens (primary N) is 1. The van der Waals surface area contributed by atoms with Crippen LogP contribution in [0.15, 0.2) is 18.2 Å². The molecule has 20 heavy (non-hydrogen) atoms. The lowest BCUT2D eigenvalue weighted by Gasteiger charge is -2.39. The zero-order valence-electron chi connectivity index (χ0n) is 12.5. The van der Waals surface area contributed by atoms with Gasteiger partial charge in [-0.1, -0.05) is 6.07 Å². The third kappa shape index (κ3) is 2.84. The normalized spacial score (nSPS) is 24.4. The summed E-state index contributed by atoms with van der Waals surface area (Å²) < 4.78 is 5.36. The smallest absolute Gasteiger partial charge is 0.119 e. The maximum atomic E-state index is 5.79. The van der Waals surface area contributed by atoms with Crippen molar-refractivity contribution in [1.82, 2.24) is 4.90 Å². The second kappa shape index (κ2) is 6.15. The van der Waals surface area contributed by atoms with Gasteiger partial charge in [0.2, 0.25) is 0 Å². The van der Waals surface area contributed by atoms with Crippen molar-refractivity contribution < 1.29 is 4.74 Å². The van der Waals surface area contributed by atoms with Gasteiger partial charge in [0.25, 0.3) is 0 Å². The van der Waals surface area contributed by atoms with Crippen molar-refractivity contribution in [1.29, 1.82) is 0 Å². The first kappa shape index (κ1) is 13.9.